The number of allylic oxidation sites excluding steroid dienone is 1. The monoisotopic (exact) mass is 441 g/mol. The zero-order valence-electron chi connectivity index (χ0n) is 14.7. The van der Waals surface area contributed by atoms with Crippen molar-refractivity contribution in [3.63, 3.8) is 0 Å². The number of halogens is 2. The molecule has 4 amide bonds. The summed E-state index contributed by atoms with van der Waals surface area (Å²) in [6.07, 6.45) is 2.11. The maximum atomic E-state index is 12.6. The molecule has 1 saturated heterocycles. The summed E-state index contributed by atoms with van der Waals surface area (Å²) in [5.74, 6) is -1.57. The Hall–Kier alpha value is -2.03. The minimum atomic E-state index is -0.802. The van der Waals surface area contributed by atoms with Gasteiger partial charge in [-0.05, 0) is 61.7 Å². The zero-order chi connectivity index (χ0) is 20.5. The van der Waals surface area contributed by atoms with Crippen LogP contribution < -0.4 is 11.1 Å². The summed E-state index contributed by atoms with van der Waals surface area (Å²) in [4.78, 5) is 49.4. The van der Waals surface area contributed by atoms with E-state index in [1.165, 1.54) is 24.3 Å². The Balaban J connectivity index is 1.64. The van der Waals surface area contributed by atoms with Gasteiger partial charge >= 0.3 is 0 Å². The summed E-state index contributed by atoms with van der Waals surface area (Å²) in [6.45, 7) is -0.395. The first kappa shape index (κ1) is 20.7. The molecule has 7 nitrogen and oxygen atoms in total. The predicted octanol–water partition coefficient (Wildman–Crippen LogP) is 3.42. The Kier molecular flexibility index (Phi) is 6.02. The van der Waals surface area contributed by atoms with Crippen LogP contribution in [0.1, 0.15) is 36.0 Å². The molecule has 0 bridgehead atoms. The van der Waals surface area contributed by atoms with Gasteiger partial charge in [-0.2, -0.15) is 0 Å². The Bertz CT molecular complexity index is 871. The molecule has 3 rings (SSSR count). The summed E-state index contributed by atoms with van der Waals surface area (Å²) in [6, 6.07) is 5.97. The first-order chi connectivity index (χ1) is 13.2. The molecule has 1 aliphatic heterocycles. The van der Waals surface area contributed by atoms with Crippen LogP contribution in [0.5, 0.6) is 0 Å². The third kappa shape index (κ3) is 4.68. The van der Waals surface area contributed by atoms with Gasteiger partial charge in [0.05, 0.1) is 4.91 Å². The number of nitrogens with zero attached hydrogens (tertiary/aromatic N) is 1. The Morgan fingerprint density at radius 3 is 2.32 bits per heavy atom. The Morgan fingerprint density at radius 2 is 1.75 bits per heavy atom. The average molecular weight is 442 g/mol. The third-order valence-corrected chi connectivity index (χ3v) is 6.33. The highest BCUT2D eigenvalue weighted by molar-refractivity contribution is 8.18. The van der Waals surface area contributed by atoms with Crippen LogP contribution in [0, 0.1) is 0 Å². The molecular formula is C18H17Cl2N3O4S. The van der Waals surface area contributed by atoms with E-state index in [-0.39, 0.29) is 0 Å². The van der Waals surface area contributed by atoms with Gasteiger partial charge in [0.25, 0.3) is 11.1 Å². The molecule has 0 unspecified atom stereocenters. The lowest BCUT2D eigenvalue weighted by atomic mass is 9.93. The number of hydrogen-bond acceptors (Lipinski definition) is 5. The largest absolute Gasteiger partial charge is 0.366 e. The molecule has 1 aromatic rings. The van der Waals surface area contributed by atoms with E-state index in [4.69, 9.17) is 28.9 Å². The summed E-state index contributed by atoms with van der Waals surface area (Å²) in [5, 5.41) is 2.10. The number of nitrogens with two attached hydrogens (primary N) is 1. The van der Waals surface area contributed by atoms with Crippen molar-refractivity contribution in [1.82, 2.24) is 4.90 Å². The molecule has 0 atom stereocenters. The van der Waals surface area contributed by atoms with Crippen LogP contribution in [-0.4, -0.2) is 38.7 Å². The first-order valence-corrected chi connectivity index (χ1v) is 10.1. The molecule has 0 spiro atoms. The van der Waals surface area contributed by atoms with E-state index in [0.717, 1.165) is 22.2 Å². The van der Waals surface area contributed by atoms with Crippen molar-refractivity contribution in [1.29, 1.82) is 0 Å². The fourth-order valence-corrected chi connectivity index (χ4v) is 4.31. The van der Waals surface area contributed by atoms with Gasteiger partial charge in [0.1, 0.15) is 10.9 Å². The van der Waals surface area contributed by atoms with Crippen LogP contribution in [0.4, 0.5) is 10.5 Å². The lowest BCUT2D eigenvalue weighted by molar-refractivity contribution is -0.127. The number of nitrogens with one attached hydrogen (secondary N) is 1. The lowest BCUT2D eigenvalue weighted by Gasteiger charge is -2.26. The van der Waals surface area contributed by atoms with E-state index >= 15 is 0 Å². The van der Waals surface area contributed by atoms with Crippen LogP contribution in [0.15, 0.2) is 34.7 Å². The maximum Gasteiger partial charge on any atom is 0.294 e. The summed E-state index contributed by atoms with van der Waals surface area (Å²) in [7, 11) is 0. The van der Waals surface area contributed by atoms with Crippen LogP contribution in [-0.2, 0) is 9.59 Å². The number of carbonyl (C=O) groups is 4. The second kappa shape index (κ2) is 8.14. The number of hydrogen-bond donors (Lipinski definition) is 2. The molecule has 10 heteroatoms. The van der Waals surface area contributed by atoms with Crippen molar-refractivity contribution in [2.24, 2.45) is 5.73 Å². The van der Waals surface area contributed by atoms with E-state index in [2.05, 4.69) is 5.32 Å². The molecule has 0 radical (unpaired) electrons. The Morgan fingerprint density at radius 1 is 1.14 bits per heavy atom. The van der Waals surface area contributed by atoms with E-state index in [0.29, 0.717) is 41.8 Å². The number of primary amides is 1. The van der Waals surface area contributed by atoms with Crippen LogP contribution in [0.2, 0.25) is 0 Å². The molecule has 1 aliphatic carbocycles. The van der Waals surface area contributed by atoms with Gasteiger partial charge in [0.15, 0.2) is 0 Å². The molecule has 1 heterocycles. The van der Waals surface area contributed by atoms with E-state index in [9.17, 15) is 19.2 Å². The predicted molar refractivity (Wildman–Crippen MR) is 108 cm³/mol. The number of imide groups is 1. The minimum absolute atomic E-state index is 0.306. The van der Waals surface area contributed by atoms with Gasteiger partial charge in [0.2, 0.25) is 11.8 Å². The second-order valence-electron chi connectivity index (χ2n) is 6.54. The molecule has 148 valence electrons. The second-order valence-corrected chi connectivity index (χ2v) is 9.14. The van der Waals surface area contributed by atoms with E-state index in [1.54, 1.807) is 0 Å². The number of thioether (sulfide) groups is 1. The van der Waals surface area contributed by atoms with Crippen molar-refractivity contribution < 1.29 is 19.2 Å². The van der Waals surface area contributed by atoms with Crippen molar-refractivity contribution in [3.8, 4) is 0 Å². The van der Waals surface area contributed by atoms with Gasteiger partial charge in [-0.3, -0.25) is 24.1 Å². The van der Waals surface area contributed by atoms with Gasteiger partial charge in [-0.15, -0.1) is 23.2 Å². The summed E-state index contributed by atoms with van der Waals surface area (Å²) >= 11 is 13.1. The van der Waals surface area contributed by atoms with Gasteiger partial charge in [-0.25, -0.2) is 0 Å². The smallest absolute Gasteiger partial charge is 0.294 e. The first-order valence-electron chi connectivity index (χ1n) is 8.49. The lowest BCUT2D eigenvalue weighted by Crippen LogP contribution is -2.36. The molecule has 1 saturated carbocycles. The number of alkyl halides is 2. The van der Waals surface area contributed by atoms with Gasteiger partial charge in [0, 0.05) is 11.3 Å². The van der Waals surface area contributed by atoms with Crippen molar-refractivity contribution in [3.05, 3.63) is 40.3 Å². The Labute approximate surface area is 175 Å². The third-order valence-electron chi connectivity index (χ3n) is 4.51. The SMILES string of the molecule is NC(=O)c1ccc(NC(=O)CN2C(=O)SC(=C3CCC(Cl)(Cl)CC3)C2=O)cc1. The van der Waals surface area contributed by atoms with Gasteiger partial charge < -0.3 is 11.1 Å². The fourth-order valence-electron chi connectivity index (χ4n) is 2.96. The quantitative estimate of drug-likeness (QED) is 0.549. The highest BCUT2D eigenvalue weighted by atomic mass is 35.5. The summed E-state index contributed by atoms with van der Waals surface area (Å²) in [5.41, 5.74) is 6.75. The number of anilines is 1. The molecule has 2 aliphatic rings. The topological polar surface area (TPSA) is 110 Å². The number of rotatable bonds is 4. The molecular weight excluding hydrogens is 425 g/mol. The number of benzene rings is 1. The molecule has 3 N–H and O–H groups in total. The zero-order valence-corrected chi connectivity index (χ0v) is 17.0. The summed E-state index contributed by atoms with van der Waals surface area (Å²) < 4.78 is -0.802. The molecule has 1 aromatic carbocycles. The fraction of sp³-hybridized carbons (Fsp3) is 0.333. The highest BCUT2D eigenvalue weighted by Crippen LogP contribution is 2.44. The maximum absolute atomic E-state index is 12.6. The molecule has 28 heavy (non-hydrogen) atoms. The van der Waals surface area contributed by atoms with Crippen molar-refractivity contribution in [2.45, 2.75) is 30.0 Å². The standard InChI is InChI=1S/C18H17Cl2N3O4S/c19-18(20)7-5-10(6-8-18)14-16(26)23(17(27)28-14)9-13(24)22-12-3-1-11(2-4-12)15(21)25/h1-4H,5-9H2,(H2,21,25)(H,22,24). The molecule has 0 aromatic heterocycles. The number of amides is 4. The van der Waals surface area contributed by atoms with E-state index in [1.807, 2.05) is 0 Å². The van der Waals surface area contributed by atoms with Crippen molar-refractivity contribution in [2.75, 3.05) is 11.9 Å². The molecule has 2 fully saturated rings. The van der Waals surface area contributed by atoms with Crippen LogP contribution in [0.3, 0.4) is 0 Å². The van der Waals surface area contributed by atoms with Gasteiger partial charge in [-0.1, -0.05) is 5.57 Å². The van der Waals surface area contributed by atoms with E-state index < -0.39 is 33.8 Å². The average Bonchev–Trinajstić information content (AvgIpc) is 2.90. The highest BCUT2D eigenvalue weighted by Gasteiger charge is 2.40. The normalized spacial score (nSPS) is 19.1. The van der Waals surface area contributed by atoms with Crippen LogP contribution in [0.25, 0.3) is 0 Å². The number of carbonyl (C=O) groups excluding carboxylic acids is 4. The van der Waals surface area contributed by atoms with Crippen molar-refractivity contribution >= 4 is 63.6 Å². The minimum Gasteiger partial charge on any atom is -0.366 e. The van der Waals surface area contributed by atoms with Crippen LogP contribution >= 0.6 is 35.0 Å².